The van der Waals surface area contributed by atoms with E-state index in [0.717, 1.165) is 24.1 Å². The topological polar surface area (TPSA) is 188 Å². The minimum Gasteiger partial charge on any atom is -0.480 e. The molecule has 1 aromatic carbocycles. The minimum atomic E-state index is -1.19. The number of nitrogens with one attached hydrogen (secondary N) is 1. The van der Waals surface area contributed by atoms with Gasteiger partial charge in [-0.3, -0.25) is 38.7 Å². The highest BCUT2D eigenvalue weighted by molar-refractivity contribution is 7.80. The van der Waals surface area contributed by atoms with Crippen molar-refractivity contribution < 1.29 is 44.4 Å². The summed E-state index contributed by atoms with van der Waals surface area (Å²) in [6.45, 7) is 3.27. The fourth-order valence-electron chi connectivity index (χ4n) is 5.71. The number of benzene rings is 1. The van der Waals surface area contributed by atoms with Gasteiger partial charge in [0.1, 0.15) is 5.78 Å². The molecule has 1 aliphatic carbocycles. The SMILES string of the molecule is CC(=O)CN(CC(=O)O)[C@H](Cc1ccc(NC(=S)C(C)C)cc1)CN(CC(=O)O)C1CCCC[C@@H]1N(CC(=O)O)CC(=O)O. The molecule has 0 saturated heterocycles. The van der Waals surface area contributed by atoms with Gasteiger partial charge in [0.25, 0.3) is 0 Å². The average Bonchev–Trinajstić information content (AvgIpc) is 2.91. The highest BCUT2D eigenvalue weighted by atomic mass is 32.1. The molecule has 5 N–H and O–H groups in total. The lowest BCUT2D eigenvalue weighted by atomic mass is 9.87. The first-order valence-corrected chi connectivity index (χ1v) is 15.1. The first-order valence-electron chi connectivity index (χ1n) is 14.6. The van der Waals surface area contributed by atoms with Crippen LogP contribution in [-0.4, -0.2) is 127 Å². The second kappa shape index (κ2) is 17.7. The molecule has 244 valence electrons. The Morgan fingerprint density at radius 1 is 0.795 bits per heavy atom. The van der Waals surface area contributed by atoms with Gasteiger partial charge < -0.3 is 25.7 Å². The zero-order valence-corrected chi connectivity index (χ0v) is 26.3. The Kier molecular flexibility index (Phi) is 14.8. The van der Waals surface area contributed by atoms with Crippen molar-refractivity contribution in [2.75, 3.05) is 44.6 Å². The molecule has 1 unspecified atom stereocenters. The largest absolute Gasteiger partial charge is 0.480 e. The molecule has 0 bridgehead atoms. The van der Waals surface area contributed by atoms with Crippen LogP contribution >= 0.6 is 12.2 Å². The highest BCUT2D eigenvalue weighted by Gasteiger charge is 2.38. The average molecular weight is 637 g/mol. The zero-order chi connectivity index (χ0) is 33.0. The van der Waals surface area contributed by atoms with Crippen LogP contribution in [0.3, 0.4) is 0 Å². The van der Waals surface area contributed by atoms with Crippen molar-refractivity contribution in [2.45, 2.75) is 71.0 Å². The van der Waals surface area contributed by atoms with Crippen molar-refractivity contribution in [3.8, 4) is 0 Å². The Labute approximate surface area is 262 Å². The van der Waals surface area contributed by atoms with Crippen LogP contribution in [0.2, 0.25) is 0 Å². The number of anilines is 1. The summed E-state index contributed by atoms with van der Waals surface area (Å²) < 4.78 is 0. The number of carbonyl (C=O) groups excluding carboxylic acids is 1. The number of hydrogen-bond acceptors (Lipinski definition) is 9. The van der Waals surface area contributed by atoms with Gasteiger partial charge in [-0.15, -0.1) is 0 Å². The summed E-state index contributed by atoms with van der Waals surface area (Å²) >= 11 is 5.37. The van der Waals surface area contributed by atoms with Crippen LogP contribution in [0, 0.1) is 5.92 Å². The van der Waals surface area contributed by atoms with E-state index in [1.807, 2.05) is 38.1 Å². The smallest absolute Gasteiger partial charge is 0.317 e. The molecule has 14 heteroatoms. The maximum atomic E-state index is 12.2. The van der Waals surface area contributed by atoms with E-state index < -0.39 is 68.2 Å². The number of nitrogens with zero attached hydrogens (tertiary/aromatic N) is 3. The van der Waals surface area contributed by atoms with Gasteiger partial charge >= 0.3 is 23.9 Å². The molecule has 0 spiro atoms. The second-order valence-electron chi connectivity index (χ2n) is 11.6. The molecule has 13 nitrogen and oxygen atoms in total. The summed E-state index contributed by atoms with van der Waals surface area (Å²) in [5.74, 6) is -4.78. The predicted molar refractivity (Wildman–Crippen MR) is 167 cm³/mol. The number of carboxylic acid groups (broad SMARTS) is 4. The number of ketones is 1. The van der Waals surface area contributed by atoms with Gasteiger partial charge in [0.2, 0.25) is 0 Å². The van der Waals surface area contributed by atoms with E-state index in [0.29, 0.717) is 17.8 Å². The van der Waals surface area contributed by atoms with E-state index >= 15 is 0 Å². The van der Waals surface area contributed by atoms with Crippen LogP contribution in [0.25, 0.3) is 0 Å². The number of aliphatic carboxylic acids is 4. The molecule has 3 atom stereocenters. The van der Waals surface area contributed by atoms with Crippen LogP contribution in [0.4, 0.5) is 5.69 Å². The molecule has 2 rings (SSSR count). The number of carboxylic acids is 4. The van der Waals surface area contributed by atoms with E-state index in [-0.39, 0.29) is 31.2 Å². The summed E-state index contributed by atoms with van der Waals surface area (Å²) in [4.78, 5) is 64.7. The van der Waals surface area contributed by atoms with E-state index in [2.05, 4.69) is 5.32 Å². The van der Waals surface area contributed by atoms with Crippen LogP contribution < -0.4 is 5.32 Å². The Hall–Kier alpha value is -3.46. The summed E-state index contributed by atoms with van der Waals surface area (Å²) in [6.07, 6.45) is 2.72. The molecular weight excluding hydrogens is 592 g/mol. The van der Waals surface area contributed by atoms with E-state index in [1.54, 1.807) is 4.90 Å². The number of Topliss-reactive ketones (excluding diaryl/α,β-unsaturated/α-hetero) is 1. The predicted octanol–water partition coefficient (Wildman–Crippen LogP) is 2.14. The molecule has 0 amide bonds. The molecule has 1 fully saturated rings. The lowest BCUT2D eigenvalue weighted by molar-refractivity contribution is -0.146. The molecule has 1 saturated carbocycles. The maximum Gasteiger partial charge on any atom is 0.317 e. The third kappa shape index (κ3) is 12.6. The van der Waals surface area contributed by atoms with Crippen molar-refractivity contribution >= 4 is 52.6 Å². The molecule has 0 aliphatic heterocycles. The van der Waals surface area contributed by atoms with Gasteiger partial charge in [0.15, 0.2) is 0 Å². The first-order chi connectivity index (χ1) is 20.7. The minimum absolute atomic E-state index is 0.0550. The van der Waals surface area contributed by atoms with Crippen molar-refractivity contribution in [1.82, 2.24) is 14.7 Å². The van der Waals surface area contributed by atoms with Crippen LogP contribution in [0.15, 0.2) is 24.3 Å². The third-order valence-corrected chi connectivity index (χ3v) is 8.16. The molecule has 1 aromatic rings. The summed E-state index contributed by atoms with van der Waals surface area (Å²) in [6, 6.07) is 5.74. The van der Waals surface area contributed by atoms with Gasteiger partial charge in [0.05, 0.1) is 37.7 Å². The van der Waals surface area contributed by atoms with Gasteiger partial charge in [-0.05, 0) is 43.9 Å². The normalized spacial score (nSPS) is 17.5. The van der Waals surface area contributed by atoms with E-state index in [4.69, 9.17) is 12.2 Å². The van der Waals surface area contributed by atoms with Gasteiger partial charge in [0, 0.05) is 36.3 Å². The molecule has 0 radical (unpaired) electrons. The molecular formula is C30H44N4O9S. The quantitative estimate of drug-likeness (QED) is 0.139. The Morgan fingerprint density at radius 3 is 1.73 bits per heavy atom. The summed E-state index contributed by atoms with van der Waals surface area (Å²) in [7, 11) is 0. The molecule has 0 aromatic heterocycles. The summed E-state index contributed by atoms with van der Waals surface area (Å²) in [5, 5.41) is 41.7. The van der Waals surface area contributed by atoms with Gasteiger partial charge in [-0.2, -0.15) is 0 Å². The van der Waals surface area contributed by atoms with Gasteiger partial charge in [-0.25, -0.2) is 0 Å². The lowest BCUT2D eigenvalue weighted by Gasteiger charge is -2.45. The Balaban J connectivity index is 2.49. The Morgan fingerprint density at radius 2 is 1.27 bits per heavy atom. The summed E-state index contributed by atoms with van der Waals surface area (Å²) in [5.41, 5.74) is 1.61. The van der Waals surface area contributed by atoms with Crippen LogP contribution in [0.1, 0.15) is 52.0 Å². The molecule has 0 heterocycles. The van der Waals surface area contributed by atoms with Gasteiger partial charge in [-0.1, -0.05) is 51.0 Å². The van der Waals surface area contributed by atoms with Crippen molar-refractivity contribution in [2.24, 2.45) is 5.92 Å². The number of hydrogen-bond donors (Lipinski definition) is 5. The van der Waals surface area contributed by atoms with E-state index in [1.165, 1.54) is 16.7 Å². The monoisotopic (exact) mass is 636 g/mol. The zero-order valence-electron chi connectivity index (χ0n) is 25.5. The lowest BCUT2D eigenvalue weighted by Crippen LogP contribution is -2.59. The molecule has 1 aliphatic rings. The van der Waals surface area contributed by atoms with Crippen molar-refractivity contribution in [1.29, 1.82) is 0 Å². The standard InChI is InChI=1S/C30H44N4O9S/c1-19(2)30(44)31-22-10-8-21(9-11-22)12-23(32(13-20(3)35)15-26(36)37)14-33(16-27(38)39)24-6-4-5-7-25(24)34(17-28(40)41)18-29(42)43/h8-11,19,23-25H,4-7,12-18H2,1-3H3,(H,31,44)(H,36,37)(H,38,39)(H,40,41)(H,42,43)/t23-,24?,25+/m1/s1. The molecule has 44 heavy (non-hydrogen) atoms. The Bertz CT molecular complexity index is 1150. The first kappa shape index (κ1) is 36.7. The van der Waals surface area contributed by atoms with Crippen molar-refractivity contribution in [3.05, 3.63) is 29.8 Å². The third-order valence-electron chi connectivity index (χ3n) is 7.59. The maximum absolute atomic E-state index is 12.2. The highest BCUT2D eigenvalue weighted by Crippen LogP contribution is 2.28. The van der Waals surface area contributed by atoms with Crippen molar-refractivity contribution in [3.63, 3.8) is 0 Å². The van der Waals surface area contributed by atoms with Crippen LogP contribution in [-0.2, 0) is 30.4 Å². The second-order valence-corrected chi connectivity index (χ2v) is 12.1. The number of carbonyl (C=O) groups is 5. The fraction of sp³-hybridized carbons (Fsp3) is 0.600. The van der Waals surface area contributed by atoms with E-state index in [9.17, 15) is 44.4 Å². The fourth-order valence-corrected chi connectivity index (χ4v) is 5.83. The number of rotatable bonds is 19. The van der Waals surface area contributed by atoms with Crippen LogP contribution in [0.5, 0.6) is 0 Å². The number of thiocarbonyl (C=S) groups is 1.